The number of carbonyl (C=O) groups excluding carboxylic acids is 1. The molecule has 0 aliphatic rings. The highest BCUT2D eigenvalue weighted by Gasteiger charge is 2.36. The van der Waals surface area contributed by atoms with Gasteiger partial charge in [0.05, 0.1) is 17.2 Å². The Morgan fingerprint density at radius 1 is 1.32 bits per heavy atom. The summed E-state index contributed by atoms with van der Waals surface area (Å²) in [6.45, 7) is 2.69. The summed E-state index contributed by atoms with van der Waals surface area (Å²) < 4.78 is 51.1. The molecule has 3 nitrogen and oxygen atoms in total. The number of hydrogen-bond acceptors (Lipinski definition) is 2. The molecular weight excluding hydrogens is 264 g/mol. The first kappa shape index (κ1) is 15.0. The molecule has 0 heterocycles. The molecule has 0 fully saturated rings. The maximum absolute atomic E-state index is 13.6. The van der Waals surface area contributed by atoms with Gasteiger partial charge in [-0.2, -0.15) is 18.4 Å². The maximum Gasteiger partial charge on any atom is 0.419 e. The minimum atomic E-state index is -4.88. The van der Waals surface area contributed by atoms with Crippen molar-refractivity contribution < 1.29 is 22.4 Å². The van der Waals surface area contributed by atoms with Gasteiger partial charge in [0.15, 0.2) is 0 Å². The van der Waals surface area contributed by atoms with Gasteiger partial charge in [0.25, 0.3) is 5.91 Å². The first-order chi connectivity index (χ1) is 8.58. The molecule has 0 bridgehead atoms. The monoisotopic (exact) mass is 274 g/mol. The van der Waals surface area contributed by atoms with Crippen molar-refractivity contribution >= 4 is 5.91 Å². The number of halogens is 4. The molecule has 7 heteroatoms. The van der Waals surface area contributed by atoms with Crippen LogP contribution in [0.25, 0.3) is 0 Å². The Kier molecular flexibility index (Phi) is 3.84. The number of benzene rings is 1. The highest BCUT2D eigenvalue weighted by atomic mass is 19.4. The quantitative estimate of drug-likeness (QED) is 0.843. The first-order valence-corrected chi connectivity index (χ1v) is 5.18. The summed E-state index contributed by atoms with van der Waals surface area (Å²) >= 11 is 0. The third-order valence-electron chi connectivity index (χ3n) is 2.25. The van der Waals surface area contributed by atoms with Gasteiger partial charge in [-0.25, -0.2) is 4.39 Å². The highest BCUT2D eigenvalue weighted by Crippen LogP contribution is 2.32. The topological polar surface area (TPSA) is 52.9 Å². The van der Waals surface area contributed by atoms with E-state index in [0.29, 0.717) is 6.07 Å². The summed E-state index contributed by atoms with van der Waals surface area (Å²) in [5, 5.41) is 10.8. The minimum absolute atomic E-state index is 0.543. The van der Waals surface area contributed by atoms with Gasteiger partial charge < -0.3 is 5.32 Å². The standard InChI is InChI=1S/C12H10F4N2O/c1-11(2,6-17)18-10(19)7-4-3-5-8(9(7)13)12(14,15)16/h3-5H,1-2H3,(H,18,19). The summed E-state index contributed by atoms with van der Waals surface area (Å²) in [7, 11) is 0. The van der Waals surface area contributed by atoms with Gasteiger partial charge in [-0.3, -0.25) is 4.79 Å². The summed E-state index contributed by atoms with van der Waals surface area (Å²) in [6.07, 6.45) is -4.88. The lowest BCUT2D eigenvalue weighted by Gasteiger charge is -2.18. The minimum Gasteiger partial charge on any atom is -0.334 e. The Labute approximate surface area is 106 Å². The lowest BCUT2D eigenvalue weighted by Crippen LogP contribution is -2.42. The van der Waals surface area contributed by atoms with Gasteiger partial charge in [0, 0.05) is 0 Å². The second-order valence-electron chi connectivity index (χ2n) is 4.36. The van der Waals surface area contributed by atoms with Crippen LogP contribution in [0.2, 0.25) is 0 Å². The van der Waals surface area contributed by atoms with Crippen molar-refractivity contribution in [3.05, 3.63) is 35.1 Å². The number of amides is 1. The van der Waals surface area contributed by atoms with Crippen molar-refractivity contribution in [3.63, 3.8) is 0 Å². The highest BCUT2D eigenvalue weighted by molar-refractivity contribution is 5.95. The van der Waals surface area contributed by atoms with Crippen molar-refractivity contribution in [1.29, 1.82) is 5.26 Å². The Hall–Kier alpha value is -2.10. The van der Waals surface area contributed by atoms with Crippen LogP contribution in [0.4, 0.5) is 17.6 Å². The summed E-state index contributed by atoms with van der Waals surface area (Å²) in [6, 6.07) is 4.13. The van der Waals surface area contributed by atoms with Gasteiger partial charge in [0.1, 0.15) is 11.4 Å². The number of hydrogen-bond donors (Lipinski definition) is 1. The SMILES string of the molecule is CC(C)(C#N)NC(=O)c1cccc(C(F)(F)F)c1F. The molecule has 19 heavy (non-hydrogen) atoms. The molecule has 0 atom stereocenters. The first-order valence-electron chi connectivity index (χ1n) is 5.18. The Bertz CT molecular complexity index is 544. The van der Waals surface area contributed by atoms with E-state index in [9.17, 15) is 22.4 Å². The van der Waals surface area contributed by atoms with E-state index in [1.165, 1.54) is 13.8 Å². The normalized spacial score (nSPS) is 11.8. The van der Waals surface area contributed by atoms with Crippen LogP contribution in [-0.4, -0.2) is 11.4 Å². The number of rotatable bonds is 2. The molecule has 0 unspecified atom stereocenters. The second kappa shape index (κ2) is 4.88. The van der Waals surface area contributed by atoms with Gasteiger partial charge in [-0.05, 0) is 26.0 Å². The van der Waals surface area contributed by atoms with Gasteiger partial charge >= 0.3 is 6.18 Å². The number of alkyl halides is 3. The van der Waals surface area contributed by atoms with E-state index < -0.39 is 34.6 Å². The van der Waals surface area contributed by atoms with Crippen LogP contribution in [0, 0.1) is 17.1 Å². The summed E-state index contributed by atoms with van der Waals surface area (Å²) in [5.74, 6) is -2.73. The molecule has 0 saturated carbocycles. The van der Waals surface area contributed by atoms with Gasteiger partial charge in [-0.15, -0.1) is 0 Å². The Morgan fingerprint density at radius 2 is 1.89 bits per heavy atom. The lowest BCUT2D eigenvalue weighted by atomic mass is 10.0. The van der Waals surface area contributed by atoms with E-state index >= 15 is 0 Å². The van der Waals surface area contributed by atoms with E-state index in [4.69, 9.17) is 5.26 Å². The molecule has 0 radical (unpaired) electrons. The molecule has 1 N–H and O–H groups in total. The van der Waals surface area contributed by atoms with Crippen LogP contribution in [0.3, 0.4) is 0 Å². The molecule has 1 aromatic rings. The van der Waals surface area contributed by atoms with E-state index in [-0.39, 0.29) is 0 Å². The van der Waals surface area contributed by atoms with E-state index in [1.807, 2.05) is 0 Å². The Morgan fingerprint density at radius 3 is 2.37 bits per heavy atom. The van der Waals surface area contributed by atoms with Crippen molar-refractivity contribution in [2.24, 2.45) is 0 Å². The van der Waals surface area contributed by atoms with Crippen LogP contribution >= 0.6 is 0 Å². The zero-order valence-electron chi connectivity index (χ0n) is 10.1. The number of nitrogens with zero attached hydrogens (tertiary/aromatic N) is 1. The van der Waals surface area contributed by atoms with Crippen molar-refractivity contribution in [1.82, 2.24) is 5.32 Å². The molecule has 0 saturated heterocycles. The molecule has 0 aromatic heterocycles. The molecule has 0 aliphatic carbocycles. The lowest BCUT2D eigenvalue weighted by molar-refractivity contribution is -0.140. The van der Waals surface area contributed by atoms with Crippen molar-refractivity contribution in [2.45, 2.75) is 25.6 Å². The molecule has 1 rings (SSSR count). The fourth-order valence-corrected chi connectivity index (χ4v) is 1.31. The molecule has 0 spiro atoms. The van der Waals surface area contributed by atoms with E-state index in [2.05, 4.69) is 5.32 Å². The van der Waals surface area contributed by atoms with E-state index in [1.54, 1.807) is 6.07 Å². The maximum atomic E-state index is 13.6. The van der Waals surface area contributed by atoms with Crippen LogP contribution in [0.5, 0.6) is 0 Å². The third-order valence-corrected chi connectivity index (χ3v) is 2.25. The average molecular weight is 274 g/mol. The smallest absolute Gasteiger partial charge is 0.334 e. The van der Waals surface area contributed by atoms with Crippen LogP contribution in [-0.2, 0) is 6.18 Å². The predicted molar refractivity (Wildman–Crippen MR) is 58.6 cm³/mol. The number of nitrogens with one attached hydrogen (secondary N) is 1. The summed E-state index contributed by atoms with van der Waals surface area (Å²) in [4.78, 5) is 11.6. The number of nitriles is 1. The zero-order chi connectivity index (χ0) is 14.8. The average Bonchev–Trinajstić information content (AvgIpc) is 2.27. The molecule has 1 aromatic carbocycles. The fraction of sp³-hybridized carbons (Fsp3) is 0.333. The Balaban J connectivity index is 3.17. The van der Waals surface area contributed by atoms with Crippen LogP contribution in [0.15, 0.2) is 18.2 Å². The third kappa shape index (κ3) is 3.44. The zero-order valence-corrected chi connectivity index (χ0v) is 10.1. The second-order valence-corrected chi connectivity index (χ2v) is 4.36. The van der Waals surface area contributed by atoms with Gasteiger partial charge in [-0.1, -0.05) is 6.07 Å². The van der Waals surface area contributed by atoms with Crippen molar-refractivity contribution in [2.75, 3.05) is 0 Å². The molecule has 1 amide bonds. The van der Waals surface area contributed by atoms with Crippen LogP contribution < -0.4 is 5.32 Å². The van der Waals surface area contributed by atoms with Crippen LogP contribution in [0.1, 0.15) is 29.8 Å². The van der Waals surface area contributed by atoms with Crippen molar-refractivity contribution in [3.8, 4) is 6.07 Å². The van der Waals surface area contributed by atoms with E-state index in [0.717, 1.165) is 12.1 Å². The predicted octanol–water partition coefficient (Wildman–Crippen LogP) is 2.88. The summed E-state index contributed by atoms with van der Waals surface area (Å²) in [5.41, 5.74) is -3.58. The fourth-order valence-electron chi connectivity index (χ4n) is 1.31. The molecule has 0 aliphatic heterocycles. The molecular formula is C12H10F4N2O. The van der Waals surface area contributed by atoms with Gasteiger partial charge in [0.2, 0.25) is 0 Å². The molecule has 102 valence electrons. The largest absolute Gasteiger partial charge is 0.419 e. The number of carbonyl (C=O) groups is 1.